The van der Waals surface area contributed by atoms with Gasteiger partial charge in [0, 0.05) is 12.6 Å². The van der Waals surface area contributed by atoms with Gasteiger partial charge < -0.3 is 9.55 Å². The van der Waals surface area contributed by atoms with Gasteiger partial charge in [-0.15, -0.1) is 0 Å². The third-order valence-corrected chi connectivity index (χ3v) is 5.12. The summed E-state index contributed by atoms with van der Waals surface area (Å²) in [5.41, 5.74) is 1.22. The number of benzene rings is 1. The lowest BCUT2D eigenvalue weighted by Gasteiger charge is -2.49. The van der Waals surface area contributed by atoms with Crippen LogP contribution < -0.4 is 0 Å². The van der Waals surface area contributed by atoms with E-state index < -0.39 is 0 Å². The molecule has 2 saturated heterocycles. The summed E-state index contributed by atoms with van der Waals surface area (Å²) in [5.74, 6) is -1.23. The molecule has 106 valence electrons. The van der Waals surface area contributed by atoms with Gasteiger partial charge in [-0.2, -0.15) is 0 Å². The fourth-order valence-electron chi connectivity index (χ4n) is 4.07. The van der Waals surface area contributed by atoms with E-state index in [2.05, 4.69) is 35.9 Å². The Morgan fingerprint density at radius 1 is 1.10 bits per heavy atom. The number of rotatable bonds is 2. The summed E-state index contributed by atoms with van der Waals surface area (Å²) in [4.78, 5) is 26.3. The topological polar surface area (TPSA) is 46.6 Å². The molecule has 4 atom stereocenters. The third-order valence-electron chi connectivity index (χ3n) is 5.12. The molecule has 21 heavy (non-hydrogen) atoms. The number of allylic oxidation sites excluding steroid dienone is 1. The Kier molecular flexibility index (Phi) is 2.79. The highest BCUT2D eigenvalue weighted by Crippen LogP contribution is 2.49. The first-order chi connectivity index (χ1) is 10.2. The number of hydrogen-bond donors (Lipinski definition) is 0. The molecule has 0 aromatic heterocycles. The van der Waals surface area contributed by atoms with Gasteiger partial charge in [0.2, 0.25) is 6.85 Å². The number of esters is 2. The fraction of sp³-hybridized carbons (Fsp3) is 0.375. The number of nitrogens with zero attached hydrogens (tertiary/aromatic N) is 1. The molecule has 5 rings (SSSR count). The molecular weight excluding hydrogens is 265 g/mol. The molecule has 3 heterocycles. The Balaban J connectivity index is 1.67. The van der Waals surface area contributed by atoms with Crippen LogP contribution in [0.1, 0.15) is 5.56 Å². The lowest BCUT2D eigenvalue weighted by Crippen LogP contribution is -2.60. The zero-order valence-corrected chi connectivity index (χ0v) is 11.8. The minimum absolute atomic E-state index is 0.0332. The minimum atomic E-state index is -0.352. The predicted molar refractivity (Wildman–Crippen MR) is 78.4 cm³/mol. The maximum atomic E-state index is 12.0. The van der Waals surface area contributed by atoms with E-state index in [1.54, 1.807) is 0 Å². The molecule has 2 fully saturated rings. The predicted octanol–water partition coefficient (Wildman–Crippen LogP) is 1.75. The van der Waals surface area contributed by atoms with E-state index in [-0.39, 0.29) is 42.5 Å². The van der Waals surface area contributed by atoms with Crippen LogP contribution in [0, 0.1) is 11.8 Å². The van der Waals surface area contributed by atoms with Crippen molar-refractivity contribution in [1.82, 2.24) is 4.81 Å². The Morgan fingerprint density at radius 3 is 2.57 bits per heavy atom. The highest BCUT2D eigenvalue weighted by atomic mass is 16.6. The molecule has 3 aliphatic heterocycles. The molecule has 4 unspecified atom stereocenters. The van der Waals surface area contributed by atoms with Crippen LogP contribution in [0.15, 0.2) is 42.5 Å². The summed E-state index contributed by atoms with van der Waals surface area (Å²) < 4.78 is 4.89. The van der Waals surface area contributed by atoms with E-state index >= 15 is 0 Å². The SMILES string of the molecule is CB1C2C=CC(C3C(=O)OC(=O)C23)N1Cc1ccccc1. The molecule has 4 nitrogen and oxygen atoms in total. The quantitative estimate of drug-likeness (QED) is 0.358. The van der Waals surface area contributed by atoms with Gasteiger partial charge in [-0.1, -0.05) is 49.3 Å². The first-order valence-electron chi connectivity index (χ1n) is 7.40. The number of fused-ring (bicyclic) bond motifs is 1. The van der Waals surface area contributed by atoms with Crippen molar-refractivity contribution in [2.45, 2.75) is 25.2 Å². The van der Waals surface area contributed by atoms with Crippen molar-refractivity contribution in [3.8, 4) is 0 Å². The first-order valence-corrected chi connectivity index (χ1v) is 7.40. The third kappa shape index (κ3) is 1.80. The van der Waals surface area contributed by atoms with Gasteiger partial charge in [0.05, 0.1) is 11.8 Å². The molecular formula is C16H16BNO3. The van der Waals surface area contributed by atoms with Gasteiger partial charge in [0.15, 0.2) is 0 Å². The monoisotopic (exact) mass is 281 g/mol. The normalized spacial score (nSPS) is 34.2. The van der Waals surface area contributed by atoms with Gasteiger partial charge in [0.1, 0.15) is 0 Å². The lowest BCUT2D eigenvalue weighted by molar-refractivity contribution is -0.153. The minimum Gasteiger partial charge on any atom is -0.393 e. The number of cyclic esters (lactones) is 2. The average Bonchev–Trinajstić information content (AvgIpc) is 2.80. The van der Waals surface area contributed by atoms with E-state index in [0.717, 1.165) is 6.54 Å². The summed E-state index contributed by atoms with van der Waals surface area (Å²) >= 11 is 0. The average molecular weight is 281 g/mol. The fourth-order valence-corrected chi connectivity index (χ4v) is 4.07. The smallest absolute Gasteiger partial charge is 0.319 e. The van der Waals surface area contributed by atoms with Crippen LogP contribution >= 0.6 is 0 Å². The van der Waals surface area contributed by atoms with Gasteiger partial charge in [-0.3, -0.25) is 9.59 Å². The van der Waals surface area contributed by atoms with Gasteiger partial charge >= 0.3 is 11.9 Å². The van der Waals surface area contributed by atoms with Crippen molar-refractivity contribution in [1.29, 1.82) is 0 Å². The maximum absolute atomic E-state index is 12.0. The van der Waals surface area contributed by atoms with Crippen LogP contribution in [0.25, 0.3) is 0 Å². The number of carbonyl (C=O) groups is 2. The molecule has 2 bridgehead atoms. The second kappa shape index (κ2) is 4.56. The van der Waals surface area contributed by atoms with Crippen LogP contribution in [-0.2, 0) is 20.9 Å². The summed E-state index contributed by atoms with van der Waals surface area (Å²) in [5, 5.41) is 0. The van der Waals surface area contributed by atoms with E-state index in [1.807, 2.05) is 18.2 Å². The van der Waals surface area contributed by atoms with Crippen LogP contribution in [-0.4, -0.2) is 29.6 Å². The second-order valence-corrected chi connectivity index (χ2v) is 6.14. The number of ether oxygens (including phenoxy) is 1. The molecule has 0 N–H and O–H groups in total. The highest BCUT2D eigenvalue weighted by molar-refractivity contribution is 6.58. The summed E-state index contributed by atoms with van der Waals surface area (Å²) in [6, 6.07) is 10.2. The number of hydrogen-bond acceptors (Lipinski definition) is 4. The van der Waals surface area contributed by atoms with E-state index in [4.69, 9.17) is 4.74 Å². The molecule has 4 aliphatic rings. The van der Waals surface area contributed by atoms with Gasteiger partial charge in [-0.05, 0) is 11.4 Å². The largest absolute Gasteiger partial charge is 0.393 e. The lowest BCUT2D eigenvalue weighted by atomic mass is 9.40. The molecule has 0 amide bonds. The van der Waals surface area contributed by atoms with Crippen molar-refractivity contribution in [3.63, 3.8) is 0 Å². The highest BCUT2D eigenvalue weighted by Gasteiger charge is 2.60. The Hall–Kier alpha value is -1.88. The van der Waals surface area contributed by atoms with Crippen molar-refractivity contribution in [2.75, 3.05) is 0 Å². The second-order valence-electron chi connectivity index (χ2n) is 6.14. The van der Waals surface area contributed by atoms with Crippen molar-refractivity contribution in [3.05, 3.63) is 48.0 Å². The molecule has 5 heteroatoms. The molecule has 0 radical (unpaired) electrons. The molecule has 1 aromatic rings. The van der Waals surface area contributed by atoms with Crippen LogP contribution in [0.4, 0.5) is 0 Å². The molecule has 0 saturated carbocycles. The van der Waals surface area contributed by atoms with Crippen molar-refractivity contribution < 1.29 is 14.3 Å². The van der Waals surface area contributed by atoms with Crippen LogP contribution in [0.5, 0.6) is 0 Å². The zero-order valence-electron chi connectivity index (χ0n) is 11.8. The molecule has 0 spiro atoms. The summed E-state index contributed by atoms with van der Waals surface area (Å²) in [6.07, 6.45) is 4.17. The summed E-state index contributed by atoms with van der Waals surface area (Å²) in [6.45, 7) is 3.16. The first kappa shape index (κ1) is 12.8. The molecule has 1 aliphatic carbocycles. The zero-order chi connectivity index (χ0) is 14.6. The van der Waals surface area contributed by atoms with Gasteiger partial charge in [0.25, 0.3) is 0 Å². The Morgan fingerprint density at radius 2 is 1.81 bits per heavy atom. The van der Waals surface area contributed by atoms with Crippen molar-refractivity contribution >= 4 is 18.8 Å². The molecule has 1 aromatic carbocycles. The van der Waals surface area contributed by atoms with Crippen molar-refractivity contribution in [2.24, 2.45) is 11.8 Å². The van der Waals surface area contributed by atoms with Gasteiger partial charge in [-0.25, -0.2) is 0 Å². The van der Waals surface area contributed by atoms with E-state index in [0.29, 0.717) is 0 Å². The van der Waals surface area contributed by atoms with E-state index in [9.17, 15) is 9.59 Å². The standard InChI is InChI=1S/C16H16BNO3/c1-17-11-7-8-12(14-13(11)15(19)21-16(14)20)18(17)9-10-5-3-2-4-6-10/h2-8,11-14H,9H2,1H3. The number of carbonyl (C=O) groups excluding carboxylic acids is 2. The maximum Gasteiger partial charge on any atom is 0.319 e. The Bertz CT molecular complexity index is 630. The summed E-state index contributed by atoms with van der Waals surface area (Å²) in [7, 11) is 0. The van der Waals surface area contributed by atoms with E-state index in [1.165, 1.54) is 5.56 Å². The van der Waals surface area contributed by atoms with Crippen LogP contribution in [0.2, 0.25) is 12.6 Å². The van der Waals surface area contributed by atoms with Crippen LogP contribution in [0.3, 0.4) is 0 Å². The Labute approximate surface area is 123 Å².